The van der Waals surface area contributed by atoms with Gasteiger partial charge in [-0.25, -0.2) is 13.8 Å². The molecule has 0 aliphatic carbocycles. The average molecular weight is 453 g/mol. The van der Waals surface area contributed by atoms with Gasteiger partial charge in [0.25, 0.3) is 5.56 Å². The molecule has 6 nitrogen and oxygen atoms in total. The van der Waals surface area contributed by atoms with Crippen molar-refractivity contribution in [3.05, 3.63) is 87.8 Å². The van der Waals surface area contributed by atoms with Crippen molar-refractivity contribution < 1.29 is 8.78 Å². The largest absolute Gasteiger partial charge is 0.309 e. The second kappa shape index (κ2) is 8.05. The Kier molecular flexibility index (Phi) is 5.08. The monoisotopic (exact) mass is 453 g/mol. The smallest absolute Gasteiger partial charge is 0.268 e. The second-order valence-electron chi connectivity index (χ2n) is 6.56. The van der Waals surface area contributed by atoms with Gasteiger partial charge >= 0.3 is 0 Å². The zero-order chi connectivity index (χ0) is 21.4. The van der Waals surface area contributed by atoms with Gasteiger partial charge in [0.2, 0.25) is 0 Å². The zero-order valence-electron chi connectivity index (χ0n) is 15.8. The van der Waals surface area contributed by atoms with E-state index in [1.807, 2.05) is 5.38 Å². The predicted octanol–water partition coefficient (Wildman–Crippen LogP) is 4.80. The van der Waals surface area contributed by atoms with E-state index in [0.717, 1.165) is 0 Å². The number of benzene rings is 2. The third-order valence-electron chi connectivity index (χ3n) is 4.52. The molecule has 3 aromatic heterocycles. The summed E-state index contributed by atoms with van der Waals surface area (Å²) in [6.07, 6.45) is 0. The van der Waals surface area contributed by atoms with Gasteiger partial charge < -0.3 is 4.98 Å². The molecule has 0 aliphatic rings. The maximum Gasteiger partial charge on any atom is 0.268 e. The second-order valence-corrected chi connectivity index (χ2v) is 8.42. The number of thioether (sulfide) groups is 1. The van der Waals surface area contributed by atoms with Crippen molar-refractivity contribution in [1.82, 2.24) is 24.7 Å². The maximum absolute atomic E-state index is 13.5. The SMILES string of the molecule is O=c1[nH]c(CSc2nnc(-c3ccc(F)cc3)n2-c2ccc(F)cc2)nc2ccsc12. The minimum atomic E-state index is -0.361. The van der Waals surface area contributed by atoms with Crippen LogP contribution in [0.2, 0.25) is 0 Å². The summed E-state index contributed by atoms with van der Waals surface area (Å²) in [5, 5.41) is 10.9. The molecule has 5 rings (SSSR count). The van der Waals surface area contributed by atoms with Crippen molar-refractivity contribution >= 4 is 33.3 Å². The summed E-state index contributed by atoms with van der Waals surface area (Å²) in [5.41, 5.74) is 1.79. The van der Waals surface area contributed by atoms with E-state index in [1.165, 1.54) is 47.4 Å². The van der Waals surface area contributed by atoms with Crippen molar-refractivity contribution in [3.63, 3.8) is 0 Å². The highest BCUT2D eigenvalue weighted by atomic mass is 32.2. The molecule has 3 heterocycles. The first-order chi connectivity index (χ1) is 15.1. The molecule has 0 fully saturated rings. The Morgan fingerprint density at radius 3 is 2.42 bits per heavy atom. The average Bonchev–Trinajstić information content (AvgIpc) is 3.41. The standard InChI is InChI=1S/C21H13F2N5OS2/c22-13-3-1-12(2-4-13)19-26-27-21(28(19)15-7-5-14(23)6-8-15)31-11-17-24-16-9-10-30-18(16)20(29)25-17/h1-10H,11H2,(H,24,25,29). The molecule has 0 unspecified atom stereocenters. The van der Waals surface area contributed by atoms with Gasteiger partial charge in [-0.15, -0.1) is 21.5 Å². The van der Waals surface area contributed by atoms with Gasteiger partial charge in [-0.3, -0.25) is 9.36 Å². The lowest BCUT2D eigenvalue weighted by atomic mass is 10.2. The van der Waals surface area contributed by atoms with E-state index in [-0.39, 0.29) is 17.2 Å². The Morgan fingerprint density at radius 2 is 1.68 bits per heavy atom. The number of rotatable bonds is 5. The summed E-state index contributed by atoms with van der Waals surface area (Å²) in [6.45, 7) is 0. The van der Waals surface area contributed by atoms with E-state index in [4.69, 9.17) is 0 Å². The summed E-state index contributed by atoms with van der Waals surface area (Å²) >= 11 is 2.67. The van der Waals surface area contributed by atoms with E-state index in [2.05, 4.69) is 20.2 Å². The lowest BCUT2D eigenvalue weighted by Gasteiger charge is -2.10. The molecule has 2 aromatic carbocycles. The summed E-state index contributed by atoms with van der Waals surface area (Å²) in [6, 6.07) is 13.6. The third kappa shape index (κ3) is 3.87. The number of aromatic amines is 1. The highest BCUT2D eigenvalue weighted by molar-refractivity contribution is 7.98. The van der Waals surface area contributed by atoms with Gasteiger partial charge in [0, 0.05) is 11.3 Å². The third-order valence-corrected chi connectivity index (χ3v) is 6.37. The molecule has 154 valence electrons. The predicted molar refractivity (Wildman–Crippen MR) is 117 cm³/mol. The van der Waals surface area contributed by atoms with Gasteiger partial charge in [0.15, 0.2) is 11.0 Å². The lowest BCUT2D eigenvalue weighted by molar-refractivity contribution is 0.626. The van der Waals surface area contributed by atoms with Gasteiger partial charge in [0.05, 0.1) is 11.3 Å². The van der Waals surface area contributed by atoms with Gasteiger partial charge in [0.1, 0.15) is 22.2 Å². The molecular weight excluding hydrogens is 440 g/mol. The molecule has 0 radical (unpaired) electrons. The first-order valence-corrected chi connectivity index (χ1v) is 11.0. The summed E-state index contributed by atoms with van der Waals surface area (Å²) in [7, 11) is 0. The number of fused-ring (bicyclic) bond motifs is 1. The first-order valence-electron chi connectivity index (χ1n) is 9.15. The van der Waals surface area contributed by atoms with E-state index in [9.17, 15) is 13.6 Å². The summed E-state index contributed by atoms with van der Waals surface area (Å²) in [5.74, 6) is 0.635. The molecule has 0 spiro atoms. The Balaban J connectivity index is 1.53. The van der Waals surface area contributed by atoms with E-state index in [0.29, 0.717) is 44.0 Å². The fourth-order valence-electron chi connectivity index (χ4n) is 3.10. The van der Waals surface area contributed by atoms with E-state index < -0.39 is 0 Å². The van der Waals surface area contributed by atoms with Gasteiger partial charge in [-0.05, 0) is 60.0 Å². The lowest BCUT2D eigenvalue weighted by Crippen LogP contribution is -2.09. The number of halogens is 2. The van der Waals surface area contributed by atoms with Gasteiger partial charge in [-0.1, -0.05) is 11.8 Å². The van der Waals surface area contributed by atoms with Crippen molar-refractivity contribution in [3.8, 4) is 17.1 Å². The van der Waals surface area contributed by atoms with Crippen molar-refractivity contribution in [2.45, 2.75) is 10.9 Å². The molecule has 0 bridgehead atoms. The van der Waals surface area contributed by atoms with Crippen molar-refractivity contribution in [2.75, 3.05) is 0 Å². The Morgan fingerprint density at radius 1 is 0.968 bits per heavy atom. The van der Waals surface area contributed by atoms with Crippen LogP contribution < -0.4 is 5.56 Å². The molecule has 0 saturated heterocycles. The van der Waals surface area contributed by atoms with Crippen LogP contribution in [-0.2, 0) is 5.75 Å². The maximum atomic E-state index is 13.5. The quantitative estimate of drug-likeness (QED) is 0.387. The van der Waals surface area contributed by atoms with Crippen molar-refractivity contribution in [2.24, 2.45) is 0 Å². The molecule has 0 atom stereocenters. The summed E-state index contributed by atoms with van der Waals surface area (Å²) < 4.78 is 29.2. The highest BCUT2D eigenvalue weighted by Crippen LogP contribution is 2.29. The molecule has 31 heavy (non-hydrogen) atoms. The molecule has 0 saturated carbocycles. The minimum Gasteiger partial charge on any atom is -0.309 e. The van der Waals surface area contributed by atoms with E-state index >= 15 is 0 Å². The fourth-order valence-corrected chi connectivity index (χ4v) is 4.64. The fraction of sp³-hybridized carbons (Fsp3) is 0.0476. The van der Waals surface area contributed by atoms with Gasteiger partial charge in [-0.2, -0.15) is 0 Å². The van der Waals surface area contributed by atoms with Crippen LogP contribution in [-0.4, -0.2) is 24.7 Å². The zero-order valence-corrected chi connectivity index (χ0v) is 17.4. The topological polar surface area (TPSA) is 76.5 Å². The number of H-pyrrole nitrogens is 1. The normalized spacial score (nSPS) is 11.3. The van der Waals surface area contributed by atoms with Crippen LogP contribution in [0.25, 0.3) is 27.3 Å². The molecule has 5 aromatic rings. The van der Waals surface area contributed by atoms with Crippen molar-refractivity contribution in [1.29, 1.82) is 0 Å². The van der Waals surface area contributed by atoms with Crippen LogP contribution >= 0.6 is 23.1 Å². The van der Waals surface area contributed by atoms with Crippen LogP contribution in [0.15, 0.2) is 69.9 Å². The first kappa shape index (κ1) is 19.6. The van der Waals surface area contributed by atoms with E-state index in [1.54, 1.807) is 34.9 Å². The van der Waals surface area contributed by atoms with Crippen LogP contribution in [0, 0.1) is 11.6 Å². The number of thiophene rings is 1. The van der Waals surface area contributed by atoms with Crippen LogP contribution in [0.5, 0.6) is 0 Å². The van der Waals surface area contributed by atoms with Crippen LogP contribution in [0.3, 0.4) is 0 Å². The number of hydrogen-bond acceptors (Lipinski definition) is 6. The molecular formula is C21H13F2N5OS2. The number of nitrogens with one attached hydrogen (secondary N) is 1. The summed E-state index contributed by atoms with van der Waals surface area (Å²) in [4.78, 5) is 19.5. The Bertz CT molecular complexity index is 1430. The number of hydrogen-bond donors (Lipinski definition) is 1. The molecule has 0 aliphatic heterocycles. The number of nitrogens with zero attached hydrogens (tertiary/aromatic N) is 4. The van der Waals surface area contributed by atoms with Crippen LogP contribution in [0.4, 0.5) is 8.78 Å². The Labute approximate surface area is 182 Å². The van der Waals surface area contributed by atoms with Crippen LogP contribution in [0.1, 0.15) is 5.82 Å². The molecule has 1 N–H and O–H groups in total. The highest BCUT2D eigenvalue weighted by Gasteiger charge is 2.17. The molecule has 10 heteroatoms. The Hall–Kier alpha value is -3.37. The molecule has 0 amide bonds. The number of aromatic nitrogens is 5. The minimum absolute atomic E-state index is 0.178.